The van der Waals surface area contributed by atoms with Gasteiger partial charge < -0.3 is 15.4 Å². The Hall–Kier alpha value is -1.06. The molecule has 0 spiro atoms. The van der Waals surface area contributed by atoms with Crippen LogP contribution in [-0.4, -0.2) is 31.8 Å². The molecular weight excluding hydrogens is 260 g/mol. The molecule has 1 aromatic carbocycles. The molecule has 0 amide bonds. The number of rotatable bonds is 3. The van der Waals surface area contributed by atoms with Crippen LogP contribution in [0.3, 0.4) is 0 Å². The van der Waals surface area contributed by atoms with E-state index in [1.54, 1.807) is 0 Å². The summed E-state index contributed by atoms with van der Waals surface area (Å²) in [5.41, 5.74) is 9.24. The maximum atomic E-state index is 6.29. The summed E-state index contributed by atoms with van der Waals surface area (Å²) in [6.07, 6.45) is 6.16. The summed E-state index contributed by atoms with van der Waals surface area (Å²) in [6.45, 7) is 4.18. The molecule has 1 heterocycles. The highest BCUT2D eigenvalue weighted by Crippen LogP contribution is 2.41. The van der Waals surface area contributed by atoms with Crippen molar-refractivity contribution in [1.82, 2.24) is 0 Å². The molecular formula is C18H28N2O. The molecule has 1 aromatic rings. The van der Waals surface area contributed by atoms with Crippen molar-refractivity contribution in [2.24, 2.45) is 11.7 Å². The van der Waals surface area contributed by atoms with Crippen LogP contribution in [0.1, 0.15) is 38.2 Å². The number of benzene rings is 1. The lowest BCUT2D eigenvalue weighted by Gasteiger charge is -2.52. The van der Waals surface area contributed by atoms with Gasteiger partial charge in [0.1, 0.15) is 0 Å². The van der Waals surface area contributed by atoms with Crippen LogP contribution in [0.2, 0.25) is 0 Å². The Morgan fingerprint density at radius 3 is 2.95 bits per heavy atom. The monoisotopic (exact) mass is 288 g/mol. The molecule has 0 bridgehead atoms. The topological polar surface area (TPSA) is 38.5 Å². The molecule has 2 N–H and O–H groups in total. The highest BCUT2D eigenvalue weighted by atomic mass is 16.5. The maximum Gasteiger partial charge on any atom is 0.0594 e. The zero-order chi connectivity index (χ0) is 14.9. The highest BCUT2D eigenvalue weighted by Gasteiger charge is 2.42. The van der Waals surface area contributed by atoms with Gasteiger partial charge in [0.25, 0.3) is 0 Å². The minimum Gasteiger partial charge on any atom is -0.381 e. The third-order valence-corrected chi connectivity index (χ3v) is 5.41. The second-order valence-corrected chi connectivity index (χ2v) is 6.93. The molecule has 3 heteroatoms. The van der Waals surface area contributed by atoms with Crippen LogP contribution in [0.25, 0.3) is 0 Å². The van der Waals surface area contributed by atoms with E-state index in [2.05, 4.69) is 36.1 Å². The summed E-state index contributed by atoms with van der Waals surface area (Å²) in [7, 11) is 1.84. The normalized spacial score (nSPS) is 32.8. The predicted molar refractivity (Wildman–Crippen MR) is 87.7 cm³/mol. The third-order valence-electron chi connectivity index (χ3n) is 5.41. The molecule has 1 aliphatic heterocycles. The van der Waals surface area contributed by atoms with Crippen molar-refractivity contribution < 1.29 is 4.74 Å². The molecule has 3 atom stereocenters. The van der Waals surface area contributed by atoms with Crippen molar-refractivity contribution in [3.8, 4) is 0 Å². The molecule has 21 heavy (non-hydrogen) atoms. The van der Waals surface area contributed by atoms with Gasteiger partial charge in [-0.05, 0) is 49.7 Å². The standard InChI is InChI=1S/C18H28N2O/c1-14-10-15-6-3-4-8-17(15)20(12-14)18(13-19)9-5-7-16(11-18)21-2/h3-4,6,8,14,16H,5,7,9-13,19H2,1-2H3. The molecule has 0 saturated heterocycles. The summed E-state index contributed by atoms with van der Waals surface area (Å²) < 4.78 is 5.67. The van der Waals surface area contributed by atoms with Crippen LogP contribution in [0.15, 0.2) is 24.3 Å². The first-order valence-electron chi connectivity index (χ1n) is 8.27. The first-order valence-corrected chi connectivity index (χ1v) is 8.27. The molecule has 3 rings (SSSR count). The Morgan fingerprint density at radius 2 is 2.19 bits per heavy atom. The number of hydrogen-bond acceptors (Lipinski definition) is 3. The van der Waals surface area contributed by atoms with Crippen LogP contribution in [0.4, 0.5) is 5.69 Å². The van der Waals surface area contributed by atoms with Gasteiger partial charge in [-0.15, -0.1) is 0 Å². The Kier molecular flexibility index (Phi) is 4.23. The summed E-state index contributed by atoms with van der Waals surface area (Å²) in [5.74, 6) is 0.686. The van der Waals surface area contributed by atoms with Gasteiger partial charge in [0.15, 0.2) is 0 Å². The summed E-state index contributed by atoms with van der Waals surface area (Å²) in [6, 6.07) is 8.86. The molecule has 1 saturated carbocycles. The lowest BCUT2D eigenvalue weighted by molar-refractivity contribution is 0.0399. The average molecular weight is 288 g/mol. The van der Waals surface area contributed by atoms with Gasteiger partial charge in [0, 0.05) is 25.9 Å². The first-order chi connectivity index (χ1) is 10.2. The summed E-state index contributed by atoms with van der Waals surface area (Å²) in [4.78, 5) is 2.61. The van der Waals surface area contributed by atoms with Crippen LogP contribution < -0.4 is 10.6 Å². The van der Waals surface area contributed by atoms with E-state index in [4.69, 9.17) is 10.5 Å². The molecule has 3 unspecified atom stereocenters. The van der Waals surface area contributed by atoms with Gasteiger partial charge in [-0.3, -0.25) is 0 Å². The van der Waals surface area contributed by atoms with Gasteiger partial charge in [-0.1, -0.05) is 25.1 Å². The molecule has 3 nitrogen and oxygen atoms in total. The van der Waals surface area contributed by atoms with Crippen molar-refractivity contribution >= 4 is 5.69 Å². The van der Waals surface area contributed by atoms with E-state index < -0.39 is 0 Å². The largest absolute Gasteiger partial charge is 0.381 e. The highest BCUT2D eigenvalue weighted by molar-refractivity contribution is 5.58. The van der Waals surface area contributed by atoms with E-state index in [1.165, 1.54) is 36.9 Å². The minimum atomic E-state index is 0.0731. The van der Waals surface area contributed by atoms with Crippen molar-refractivity contribution in [2.75, 3.05) is 25.1 Å². The fourth-order valence-electron chi connectivity index (χ4n) is 4.27. The fraction of sp³-hybridized carbons (Fsp3) is 0.667. The average Bonchev–Trinajstić information content (AvgIpc) is 2.54. The van der Waals surface area contributed by atoms with Crippen molar-refractivity contribution in [2.45, 2.75) is 50.7 Å². The van der Waals surface area contributed by atoms with Gasteiger partial charge in [-0.2, -0.15) is 0 Å². The van der Waals surface area contributed by atoms with Crippen LogP contribution in [-0.2, 0) is 11.2 Å². The number of methoxy groups -OCH3 is 1. The van der Waals surface area contributed by atoms with Crippen LogP contribution in [0.5, 0.6) is 0 Å². The Balaban J connectivity index is 1.97. The minimum absolute atomic E-state index is 0.0731. The number of ether oxygens (including phenoxy) is 1. The molecule has 116 valence electrons. The van der Waals surface area contributed by atoms with Crippen molar-refractivity contribution in [1.29, 1.82) is 0 Å². The first kappa shape index (κ1) is 14.9. The van der Waals surface area contributed by atoms with E-state index in [9.17, 15) is 0 Å². The molecule has 0 radical (unpaired) electrons. The quantitative estimate of drug-likeness (QED) is 0.929. The molecule has 1 fully saturated rings. The Bertz CT molecular complexity index is 490. The number of fused-ring (bicyclic) bond motifs is 1. The smallest absolute Gasteiger partial charge is 0.0594 e. The second-order valence-electron chi connectivity index (χ2n) is 6.93. The van der Waals surface area contributed by atoms with Gasteiger partial charge >= 0.3 is 0 Å². The van der Waals surface area contributed by atoms with Crippen molar-refractivity contribution in [3.63, 3.8) is 0 Å². The second kappa shape index (κ2) is 5.98. The Labute approximate surface area is 128 Å². The van der Waals surface area contributed by atoms with E-state index in [1.807, 2.05) is 7.11 Å². The number of hydrogen-bond donors (Lipinski definition) is 1. The number of anilines is 1. The number of nitrogens with two attached hydrogens (primary N) is 1. The molecule has 0 aromatic heterocycles. The van der Waals surface area contributed by atoms with Gasteiger partial charge in [0.05, 0.1) is 11.6 Å². The summed E-state index contributed by atoms with van der Waals surface area (Å²) >= 11 is 0. The van der Waals surface area contributed by atoms with Crippen molar-refractivity contribution in [3.05, 3.63) is 29.8 Å². The lowest BCUT2D eigenvalue weighted by atomic mass is 9.76. The van der Waals surface area contributed by atoms with Gasteiger partial charge in [-0.25, -0.2) is 0 Å². The van der Waals surface area contributed by atoms with E-state index in [-0.39, 0.29) is 5.54 Å². The zero-order valence-corrected chi connectivity index (χ0v) is 13.3. The Morgan fingerprint density at radius 1 is 1.38 bits per heavy atom. The third kappa shape index (κ3) is 2.69. The maximum absolute atomic E-state index is 6.29. The fourth-order valence-corrected chi connectivity index (χ4v) is 4.27. The molecule has 2 aliphatic rings. The van der Waals surface area contributed by atoms with Crippen LogP contribution >= 0.6 is 0 Å². The SMILES string of the molecule is COC1CCCC(CN)(N2CC(C)Cc3ccccc32)C1. The van der Waals surface area contributed by atoms with E-state index >= 15 is 0 Å². The van der Waals surface area contributed by atoms with E-state index in [0.717, 1.165) is 13.0 Å². The number of nitrogens with zero attached hydrogens (tertiary/aromatic N) is 1. The van der Waals surface area contributed by atoms with Crippen LogP contribution in [0, 0.1) is 5.92 Å². The number of para-hydroxylation sites is 1. The predicted octanol–water partition coefficient (Wildman–Crippen LogP) is 2.97. The lowest BCUT2D eigenvalue weighted by Crippen LogP contribution is -2.60. The van der Waals surface area contributed by atoms with E-state index in [0.29, 0.717) is 18.6 Å². The molecule has 1 aliphatic carbocycles. The van der Waals surface area contributed by atoms with Gasteiger partial charge in [0.2, 0.25) is 0 Å². The zero-order valence-electron chi connectivity index (χ0n) is 13.3. The summed E-state index contributed by atoms with van der Waals surface area (Å²) in [5, 5.41) is 0.